The van der Waals surface area contributed by atoms with Gasteiger partial charge in [-0.05, 0) is 37.0 Å². The van der Waals surface area contributed by atoms with Crippen molar-refractivity contribution in [2.75, 3.05) is 32.1 Å². The highest BCUT2D eigenvalue weighted by molar-refractivity contribution is 5.98. The number of carbonyl (C=O) groups excluding carboxylic acids is 2. The van der Waals surface area contributed by atoms with Crippen molar-refractivity contribution in [1.82, 2.24) is 15.2 Å². The fourth-order valence-corrected chi connectivity index (χ4v) is 4.65. The molecule has 0 aliphatic carbocycles. The van der Waals surface area contributed by atoms with Crippen LogP contribution in [-0.4, -0.2) is 54.4 Å². The highest BCUT2D eigenvalue weighted by Gasteiger charge is 2.50. The SMILES string of the molecule is CNC(=O)c1cccnc1N1CCC2(CC1)CC(c1ccccc1)C(=O)N2C. The van der Waals surface area contributed by atoms with Crippen molar-refractivity contribution >= 4 is 17.6 Å². The predicted molar refractivity (Wildman–Crippen MR) is 108 cm³/mol. The largest absolute Gasteiger partial charge is 0.356 e. The van der Waals surface area contributed by atoms with E-state index in [1.165, 1.54) is 0 Å². The zero-order chi connectivity index (χ0) is 19.7. The van der Waals surface area contributed by atoms with E-state index in [9.17, 15) is 9.59 Å². The van der Waals surface area contributed by atoms with Gasteiger partial charge in [0.15, 0.2) is 0 Å². The molecular weight excluding hydrogens is 352 g/mol. The van der Waals surface area contributed by atoms with Crippen molar-refractivity contribution in [3.8, 4) is 0 Å². The average molecular weight is 378 g/mol. The van der Waals surface area contributed by atoms with E-state index in [1.807, 2.05) is 48.3 Å². The number of aromatic nitrogens is 1. The molecule has 3 heterocycles. The summed E-state index contributed by atoms with van der Waals surface area (Å²) < 4.78 is 0. The second-order valence-corrected chi connectivity index (χ2v) is 7.73. The molecule has 0 saturated carbocycles. The second kappa shape index (κ2) is 7.26. The van der Waals surface area contributed by atoms with Gasteiger partial charge in [-0.25, -0.2) is 4.98 Å². The van der Waals surface area contributed by atoms with Crippen LogP contribution in [0.2, 0.25) is 0 Å². The fraction of sp³-hybridized carbons (Fsp3) is 0.409. The van der Waals surface area contributed by atoms with Crippen LogP contribution >= 0.6 is 0 Å². The first-order valence-electron chi connectivity index (χ1n) is 9.80. The Balaban J connectivity index is 1.53. The van der Waals surface area contributed by atoms with Crippen LogP contribution in [0.5, 0.6) is 0 Å². The average Bonchev–Trinajstić information content (AvgIpc) is 2.99. The van der Waals surface area contributed by atoms with Gasteiger partial charge in [0.2, 0.25) is 5.91 Å². The van der Waals surface area contributed by atoms with Gasteiger partial charge in [0.05, 0.1) is 11.5 Å². The molecule has 1 atom stereocenters. The summed E-state index contributed by atoms with van der Waals surface area (Å²) in [6.07, 6.45) is 4.33. The molecular formula is C22H26N4O2. The number of pyridine rings is 1. The summed E-state index contributed by atoms with van der Waals surface area (Å²) in [5.41, 5.74) is 1.58. The third-order valence-electron chi connectivity index (χ3n) is 6.38. The summed E-state index contributed by atoms with van der Waals surface area (Å²) in [6, 6.07) is 13.7. The summed E-state index contributed by atoms with van der Waals surface area (Å²) in [7, 11) is 3.57. The molecule has 1 aromatic heterocycles. The number of carbonyl (C=O) groups is 2. The maximum atomic E-state index is 13.0. The summed E-state index contributed by atoms with van der Waals surface area (Å²) in [5.74, 6) is 0.751. The van der Waals surface area contributed by atoms with Gasteiger partial charge >= 0.3 is 0 Å². The van der Waals surface area contributed by atoms with Crippen LogP contribution in [0.3, 0.4) is 0 Å². The first-order valence-corrected chi connectivity index (χ1v) is 9.80. The molecule has 1 N–H and O–H groups in total. The van der Waals surface area contributed by atoms with Crippen molar-refractivity contribution in [3.05, 3.63) is 59.8 Å². The van der Waals surface area contributed by atoms with Crippen LogP contribution in [0.4, 0.5) is 5.82 Å². The van der Waals surface area contributed by atoms with Crippen LogP contribution < -0.4 is 10.2 Å². The third-order valence-corrected chi connectivity index (χ3v) is 6.38. The Labute approximate surface area is 165 Å². The van der Waals surface area contributed by atoms with Gasteiger partial charge < -0.3 is 15.1 Å². The van der Waals surface area contributed by atoms with E-state index < -0.39 is 0 Å². The maximum Gasteiger partial charge on any atom is 0.254 e. The molecule has 6 heteroatoms. The Morgan fingerprint density at radius 2 is 1.86 bits per heavy atom. The van der Waals surface area contributed by atoms with Crippen molar-refractivity contribution < 1.29 is 9.59 Å². The molecule has 2 aromatic rings. The number of likely N-dealkylation sites (N-methyl/N-ethyl adjacent to an activating group) is 1. The third kappa shape index (κ3) is 3.03. The van der Waals surface area contributed by atoms with Gasteiger partial charge in [-0.3, -0.25) is 9.59 Å². The number of piperidine rings is 1. The Morgan fingerprint density at radius 1 is 1.14 bits per heavy atom. The van der Waals surface area contributed by atoms with Crippen molar-refractivity contribution in [1.29, 1.82) is 0 Å². The van der Waals surface area contributed by atoms with Crippen molar-refractivity contribution in [3.63, 3.8) is 0 Å². The fourth-order valence-electron chi connectivity index (χ4n) is 4.65. The van der Waals surface area contributed by atoms with Gasteiger partial charge in [0.1, 0.15) is 5.82 Å². The molecule has 1 unspecified atom stereocenters. The Kier molecular flexibility index (Phi) is 4.79. The highest BCUT2D eigenvalue weighted by atomic mass is 16.2. The van der Waals surface area contributed by atoms with E-state index in [4.69, 9.17) is 0 Å². The van der Waals surface area contributed by atoms with Crippen LogP contribution in [0.15, 0.2) is 48.7 Å². The van der Waals surface area contributed by atoms with Gasteiger partial charge in [0.25, 0.3) is 5.91 Å². The Morgan fingerprint density at radius 3 is 2.54 bits per heavy atom. The topological polar surface area (TPSA) is 65.5 Å². The molecule has 28 heavy (non-hydrogen) atoms. The van der Waals surface area contributed by atoms with Crippen molar-refractivity contribution in [2.45, 2.75) is 30.7 Å². The molecule has 1 aromatic carbocycles. The zero-order valence-electron chi connectivity index (χ0n) is 16.4. The summed E-state index contributed by atoms with van der Waals surface area (Å²) >= 11 is 0. The molecule has 1 spiro atoms. The molecule has 146 valence electrons. The molecule has 0 bridgehead atoms. The minimum Gasteiger partial charge on any atom is -0.356 e. The van der Waals surface area contributed by atoms with Crippen LogP contribution in [-0.2, 0) is 4.79 Å². The Bertz CT molecular complexity index is 875. The molecule has 2 saturated heterocycles. The van der Waals surface area contributed by atoms with Crippen LogP contribution in [0.1, 0.15) is 41.1 Å². The van der Waals surface area contributed by atoms with Crippen LogP contribution in [0, 0.1) is 0 Å². The molecule has 6 nitrogen and oxygen atoms in total. The quantitative estimate of drug-likeness (QED) is 0.891. The summed E-state index contributed by atoms with van der Waals surface area (Å²) in [5, 5.41) is 2.69. The van der Waals surface area contributed by atoms with E-state index in [2.05, 4.69) is 15.2 Å². The van der Waals surface area contributed by atoms with E-state index >= 15 is 0 Å². The molecule has 2 aliphatic rings. The maximum absolute atomic E-state index is 13.0. The van der Waals surface area contributed by atoms with Gasteiger partial charge in [0, 0.05) is 38.9 Å². The smallest absolute Gasteiger partial charge is 0.254 e. The summed E-state index contributed by atoms with van der Waals surface area (Å²) in [6.45, 7) is 1.56. The number of anilines is 1. The van der Waals surface area contributed by atoms with Crippen LogP contribution in [0.25, 0.3) is 0 Å². The van der Waals surface area contributed by atoms with E-state index in [0.717, 1.165) is 43.7 Å². The predicted octanol–water partition coefficient (Wildman–Crippen LogP) is 2.43. The van der Waals surface area contributed by atoms with E-state index in [0.29, 0.717) is 5.56 Å². The number of hydrogen-bond acceptors (Lipinski definition) is 4. The lowest BCUT2D eigenvalue weighted by Crippen LogP contribution is -2.52. The lowest BCUT2D eigenvalue weighted by atomic mass is 9.81. The molecule has 2 fully saturated rings. The molecule has 2 aliphatic heterocycles. The number of nitrogens with zero attached hydrogens (tertiary/aromatic N) is 3. The number of nitrogens with one attached hydrogen (secondary N) is 1. The first kappa shape index (κ1) is 18.5. The number of likely N-dealkylation sites (tertiary alicyclic amines) is 1. The number of hydrogen-bond donors (Lipinski definition) is 1. The number of benzene rings is 1. The summed E-state index contributed by atoms with van der Waals surface area (Å²) in [4.78, 5) is 33.8. The lowest BCUT2D eigenvalue weighted by molar-refractivity contribution is -0.131. The molecule has 2 amide bonds. The minimum absolute atomic E-state index is 0.0611. The standard InChI is InChI=1S/C22H26N4O2/c1-23-20(27)17-9-6-12-24-19(17)26-13-10-22(11-14-26)15-18(21(28)25(22)2)16-7-4-3-5-8-16/h3-9,12,18H,10-11,13-15H2,1-2H3,(H,23,27). The van der Waals surface area contributed by atoms with Gasteiger partial charge in [-0.15, -0.1) is 0 Å². The number of amides is 2. The molecule has 0 radical (unpaired) electrons. The van der Waals surface area contributed by atoms with Gasteiger partial charge in [-0.1, -0.05) is 30.3 Å². The lowest BCUT2D eigenvalue weighted by Gasteiger charge is -2.44. The normalized spacial score (nSPS) is 21.2. The number of rotatable bonds is 3. The second-order valence-electron chi connectivity index (χ2n) is 7.73. The highest BCUT2D eigenvalue weighted by Crippen LogP contribution is 2.45. The Hall–Kier alpha value is -2.89. The first-order chi connectivity index (χ1) is 13.6. The zero-order valence-corrected chi connectivity index (χ0v) is 16.4. The van der Waals surface area contributed by atoms with Gasteiger partial charge in [-0.2, -0.15) is 0 Å². The van der Waals surface area contributed by atoms with E-state index in [-0.39, 0.29) is 23.3 Å². The van der Waals surface area contributed by atoms with Crippen molar-refractivity contribution in [2.24, 2.45) is 0 Å². The minimum atomic E-state index is -0.124. The molecule has 4 rings (SSSR count). The van der Waals surface area contributed by atoms with E-state index in [1.54, 1.807) is 19.3 Å². The monoisotopic (exact) mass is 378 g/mol.